The highest BCUT2D eigenvalue weighted by Gasteiger charge is 2.63. The number of fused-ring (bicyclic) bond motifs is 5. The summed E-state index contributed by atoms with van der Waals surface area (Å²) in [7, 11) is 0. The smallest absolute Gasteiger partial charge is 0.309 e. The highest BCUT2D eigenvalue weighted by molar-refractivity contribution is 5.73. The van der Waals surface area contributed by atoms with Crippen LogP contribution < -0.4 is 0 Å². The molecule has 0 unspecified atom stereocenters. The third kappa shape index (κ3) is 2.09. The summed E-state index contributed by atoms with van der Waals surface area (Å²) in [4.78, 5) is 12.3. The number of cyclic esters (lactones) is 1. The van der Waals surface area contributed by atoms with Crippen molar-refractivity contribution in [1.82, 2.24) is 0 Å². The summed E-state index contributed by atoms with van der Waals surface area (Å²) in [6.45, 7) is 10.8. The zero-order chi connectivity index (χ0) is 16.5. The van der Waals surface area contributed by atoms with Gasteiger partial charge in [0.25, 0.3) is 0 Å². The lowest BCUT2D eigenvalue weighted by Crippen LogP contribution is -2.60. The highest BCUT2D eigenvalue weighted by atomic mass is 16.5. The number of esters is 1. The molecular weight excluding hydrogens is 284 g/mol. The van der Waals surface area contributed by atoms with Crippen LogP contribution in [0.4, 0.5) is 0 Å². The largest absolute Gasteiger partial charge is 0.465 e. The number of hydrogen-bond acceptors (Lipinski definition) is 2. The SMILES string of the molecule is CC1(C)CCC[C@]2(C)[C@H]3CC[C@H]4C(=O)OCC[C@H]4[C@]3(C)CC[C@@H]12. The normalized spacial score (nSPS) is 51.9. The van der Waals surface area contributed by atoms with Crippen molar-refractivity contribution in [2.24, 2.45) is 39.9 Å². The van der Waals surface area contributed by atoms with Crippen LogP contribution in [0.25, 0.3) is 0 Å². The van der Waals surface area contributed by atoms with Gasteiger partial charge in [0.1, 0.15) is 0 Å². The van der Waals surface area contributed by atoms with Crippen molar-refractivity contribution in [2.75, 3.05) is 6.61 Å². The Morgan fingerprint density at radius 1 is 0.870 bits per heavy atom. The Balaban J connectivity index is 1.71. The van der Waals surface area contributed by atoms with Crippen molar-refractivity contribution >= 4 is 5.97 Å². The fourth-order valence-corrected chi connectivity index (χ4v) is 8.00. The van der Waals surface area contributed by atoms with E-state index in [2.05, 4.69) is 27.7 Å². The van der Waals surface area contributed by atoms with Gasteiger partial charge < -0.3 is 4.74 Å². The van der Waals surface area contributed by atoms with Crippen LogP contribution in [0.1, 0.15) is 79.1 Å². The summed E-state index contributed by atoms with van der Waals surface area (Å²) >= 11 is 0. The van der Waals surface area contributed by atoms with Gasteiger partial charge in [-0.3, -0.25) is 4.79 Å². The average molecular weight is 319 g/mol. The molecule has 0 radical (unpaired) electrons. The lowest BCUT2D eigenvalue weighted by Gasteiger charge is -2.66. The molecule has 130 valence electrons. The van der Waals surface area contributed by atoms with Crippen LogP contribution in [-0.4, -0.2) is 12.6 Å². The van der Waals surface area contributed by atoms with Gasteiger partial charge in [0, 0.05) is 0 Å². The summed E-state index contributed by atoms with van der Waals surface area (Å²) in [5.74, 6) is 2.55. The summed E-state index contributed by atoms with van der Waals surface area (Å²) in [5, 5.41) is 0. The van der Waals surface area contributed by atoms with Crippen LogP contribution in [0.15, 0.2) is 0 Å². The zero-order valence-corrected chi connectivity index (χ0v) is 15.5. The minimum Gasteiger partial charge on any atom is -0.465 e. The molecule has 23 heavy (non-hydrogen) atoms. The molecule has 0 bridgehead atoms. The van der Waals surface area contributed by atoms with E-state index >= 15 is 0 Å². The Bertz CT molecular complexity index is 510. The molecule has 0 N–H and O–H groups in total. The van der Waals surface area contributed by atoms with Gasteiger partial charge in [0.05, 0.1) is 12.5 Å². The molecule has 1 saturated heterocycles. The minimum atomic E-state index is 0.108. The molecule has 2 nitrogen and oxygen atoms in total. The lowest BCUT2D eigenvalue weighted by molar-refractivity contribution is -0.199. The van der Waals surface area contributed by atoms with E-state index in [0.717, 1.165) is 24.7 Å². The molecule has 3 saturated carbocycles. The molecule has 0 amide bonds. The fourth-order valence-electron chi connectivity index (χ4n) is 8.00. The highest BCUT2D eigenvalue weighted by Crippen LogP contribution is 2.69. The Kier molecular flexibility index (Phi) is 3.46. The zero-order valence-electron chi connectivity index (χ0n) is 15.5. The number of ether oxygens (including phenoxy) is 1. The summed E-state index contributed by atoms with van der Waals surface area (Å²) in [5.41, 5.74) is 1.35. The van der Waals surface area contributed by atoms with E-state index in [0.29, 0.717) is 28.8 Å². The van der Waals surface area contributed by atoms with E-state index in [-0.39, 0.29) is 11.9 Å². The van der Waals surface area contributed by atoms with Gasteiger partial charge in [-0.25, -0.2) is 0 Å². The Morgan fingerprint density at radius 2 is 1.65 bits per heavy atom. The summed E-state index contributed by atoms with van der Waals surface area (Å²) in [6, 6.07) is 0. The Labute approximate surface area is 141 Å². The van der Waals surface area contributed by atoms with Crippen molar-refractivity contribution in [1.29, 1.82) is 0 Å². The van der Waals surface area contributed by atoms with Gasteiger partial charge in [0.2, 0.25) is 0 Å². The number of carbonyl (C=O) groups is 1. The maximum Gasteiger partial charge on any atom is 0.309 e. The Hall–Kier alpha value is -0.530. The van der Waals surface area contributed by atoms with Crippen LogP contribution in [0.2, 0.25) is 0 Å². The van der Waals surface area contributed by atoms with E-state index in [9.17, 15) is 4.79 Å². The maximum absolute atomic E-state index is 12.3. The molecule has 0 aromatic rings. The van der Waals surface area contributed by atoms with Gasteiger partial charge >= 0.3 is 5.97 Å². The molecule has 3 aliphatic carbocycles. The summed E-state index contributed by atoms with van der Waals surface area (Å²) < 4.78 is 5.40. The fraction of sp³-hybridized carbons (Fsp3) is 0.952. The van der Waals surface area contributed by atoms with E-state index < -0.39 is 0 Å². The van der Waals surface area contributed by atoms with E-state index in [1.165, 1.54) is 38.5 Å². The number of hydrogen-bond donors (Lipinski definition) is 0. The van der Waals surface area contributed by atoms with Crippen molar-refractivity contribution in [3.8, 4) is 0 Å². The van der Waals surface area contributed by atoms with Gasteiger partial charge in [-0.05, 0) is 78.9 Å². The molecule has 4 aliphatic rings. The van der Waals surface area contributed by atoms with Gasteiger partial charge in [-0.1, -0.05) is 34.1 Å². The van der Waals surface area contributed by atoms with Gasteiger partial charge in [0.15, 0.2) is 0 Å². The third-order valence-electron chi connectivity index (χ3n) is 8.91. The van der Waals surface area contributed by atoms with E-state index in [1.54, 1.807) is 0 Å². The topological polar surface area (TPSA) is 26.3 Å². The second-order valence-electron chi connectivity index (χ2n) is 10.2. The van der Waals surface area contributed by atoms with Crippen molar-refractivity contribution in [2.45, 2.75) is 79.1 Å². The standard InChI is InChI=1S/C21H34O2/c1-19(2)10-5-11-21(4)16(19)8-12-20(3)15-9-13-23-18(22)14(15)6-7-17(20)21/h14-17H,5-13H2,1-4H3/t14-,15-,16+,17+,20+,21+/m1/s1. The molecular formula is C21H34O2. The first kappa shape index (κ1) is 16.0. The molecule has 2 heteroatoms. The van der Waals surface area contributed by atoms with Crippen LogP contribution in [0.3, 0.4) is 0 Å². The molecule has 4 fully saturated rings. The number of rotatable bonds is 0. The minimum absolute atomic E-state index is 0.108. The van der Waals surface area contributed by atoms with Crippen molar-refractivity contribution < 1.29 is 9.53 Å². The molecule has 4 rings (SSSR count). The first-order valence-electron chi connectivity index (χ1n) is 9.96. The van der Waals surface area contributed by atoms with Gasteiger partial charge in [-0.2, -0.15) is 0 Å². The van der Waals surface area contributed by atoms with E-state index in [4.69, 9.17) is 4.74 Å². The molecule has 0 aromatic heterocycles. The molecule has 0 spiro atoms. The monoisotopic (exact) mass is 318 g/mol. The van der Waals surface area contributed by atoms with E-state index in [1.807, 2.05) is 0 Å². The average Bonchev–Trinajstić information content (AvgIpc) is 2.46. The van der Waals surface area contributed by atoms with Gasteiger partial charge in [-0.15, -0.1) is 0 Å². The molecule has 1 heterocycles. The van der Waals surface area contributed by atoms with Crippen LogP contribution in [0, 0.1) is 39.9 Å². The van der Waals surface area contributed by atoms with Crippen molar-refractivity contribution in [3.05, 3.63) is 0 Å². The lowest BCUT2D eigenvalue weighted by atomic mass is 9.38. The maximum atomic E-state index is 12.3. The van der Waals surface area contributed by atoms with Crippen LogP contribution in [-0.2, 0) is 9.53 Å². The Morgan fingerprint density at radius 3 is 2.43 bits per heavy atom. The predicted molar refractivity (Wildman–Crippen MR) is 91.9 cm³/mol. The number of carbonyl (C=O) groups excluding carboxylic acids is 1. The van der Waals surface area contributed by atoms with Crippen LogP contribution in [0.5, 0.6) is 0 Å². The molecule has 1 aliphatic heterocycles. The molecule has 6 atom stereocenters. The second-order valence-corrected chi connectivity index (χ2v) is 10.2. The van der Waals surface area contributed by atoms with Crippen LogP contribution >= 0.6 is 0 Å². The summed E-state index contributed by atoms with van der Waals surface area (Å²) in [6.07, 6.45) is 10.3. The van der Waals surface area contributed by atoms with Crippen molar-refractivity contribution in [3.63, 3.8) is 0 Å². The quantitative estimate of drug-likeness (QED) is 0.573. The predicted octanol–water partition coefficient (Wildman–Crippen LogP) is 5.21. The first-order chi connectivity index (χ1) is 10.8. The third-order valence-corrected chi connectivity index (χ3v) is 8.91. The molecule has 0 aromatic carbocycles. The first-order valence-corrected chi connectivity index (χ1v) is 9.96. The second kappa shape index (κ2) is 4.99.